The van der Waals surface area contributed by atoms with Gasteiger partial charge < -0.3 is 9.84 Å². The van der Waals surface area contributed by atoms with E-state index < -0.39 is 0 Å². The van der Waals surface area contributed by atoms with Crippen LogP contribution in [0.25, 0.3) is 11.1 Å². The van der Waals surface area contributed by atoms with E-state index in [4.69, 9.17) is 14.6 Å². The lowest BCUT2D eigenvalue weighted by Gasteiger charge is -2.22. The fourth-order valence-electron chi connectivity index (χ4n) is 2.32. The molecule has 0 amide bonds. The SMILES string of the molecule is Cc1cc(OC(C)(C)C)ccc1-c1c(C)ncnc1C.O=CO. The minimum absolute atomic E-state index is 0.185. The summed E-state index contributed by atoms with van der Waals surface area (Å²) in [4.78, 5) is 17.0. The zero-order valence-corrected chi connectivity index (χ0v) is 14.5. The summed E-state index contributed by atoms with van der Waals surface area (Å²) in [6, 6.07) is 6.18. The zero-order chi connectivity index (χ0) is 17.6. The molecule has 2 rings (SSSR count). The van der Waals surface area contributed by atoms with Crippen LogP contribution in [0.4, 0.5) is 0 Å². The van der Waals surface area contributed by atoms with Crippen LogP contribution in [0, 0.1) is 20.8 Å². The third kappa shape index (κ3) is 5.36. The normalized spacial score (nSPS) is 10.5. The fraction of sp³-hybridized carbons (Fsp3) is 0.389. The van der Waals surface area contributed by atoms with Crippen LogP contribution in [0.3, 0.4) is 0 Å². The maximum atomic E-state index is 8.36. The van der Waals surface area contributed by atoms with Gasteiger partial charge in [-0.25, -0.2) is 9.97 Å². The molecule has 0 aliphatic carbocycles. The number of carboxylic acid groups (broad SMARTS) is 1. The second-order valence-electron chi connectivity index (χ2n) is 6.22. The van der Waals surface area contributed by atoms with Gasteiger partial charge in [0.25, 0.3) is 6.47 Å². The van der Waals surface area contributed by atoms with Gasteiger partial charge in [0.2, 0.25) is 0 Å². The van der Waals surface area contributed by atoms with Crippen LogP contribution in [0.1, 0.15) is 37.7 Å². The molecule has 0 unspecified atom stereocenters. The molecule has 5 heteroatoms. The van der Waals surface area contributed by atoms with Crippen molar-refractivity contribution in [3.8, 4) is 16.9 Å². The Hall–Kier alpha value is -2.43. The van der Waals surface area contributed by atoms with E-state index in [9.17, 15) is 0 Å². The topological polar surface area (TPSA) is 72.3 Å². The minimum Gasteiger partial charge on any atom is -0.488 e. The van der Waals surface area contributed by atoms with Crippen LogP contribution in [0.5, 0.6) is 5.75 Å². The van der Waals surface area contributed by atoms with Crippen molar-refractivity contribution in [2.75, 3.05) is 0 Å². The summed E-state index contributed by atoms with van der Waals surface area (Å²) in [5.41, 5.74) is 5.28. The number of aromatic nitrogens is 2. The van der Waals surface area contributed by atoms with E-state index in [1.54, 1.807) is 6.33 Å². The molecule has 0 aliphatic rings. The lowest BCUT2D eigenvalue weighted by atomic mass is 9.98. The molecular formula is C18H24N2O3. The number of carbonyl (C=O) groups is 1. The van der Waals surface area contributed by atoms with Crippen LogP contribution in [0.2, 0.25) is 0 Å². The quantitative estimate of drug-likeness (QED) is 0.849. The van der Waals surface area contributed by atoms with E-state index in [1.807, 2.05) is 19.9 Å². The maximum absolute atomic E-state index is 8.36. The largest absolute Gasteiger partial charge is 0.488 e. The van der Waals surface area contributed by atoms with E-state index in [1.165, 1.54) is 11.1 Å². The zero-order valence-electron chi connectivity index (χ0n) is 14.5. The summed E-state index contributed by atoms with van der Waals surface area (Å²) in [7, 11) is 0. The average molecular weight is 316 g/mol. The number of benzene rings is 1. The smallest absolute Gasteiger partial charge is 0.290 e. The van der Waals surface area contributed by atoms with E-state index in [0.29, 0.717) is 0 Å². The summed E-state index contributed by atoms with van der Waals surface area (Å²) in [5.74, 6) is 0.894. The first-order valence-corrected chi connectivity index (χ1v) is 7.35. The molecule has 1 N–H and O–H groups in total. The molecule has 0 saturated heterocycles. The Labute approximate surface area is 137 Å². The summed E-state index contributed by atoms with van der Waals surface area (Å²) in [6.07, 6.45) is 1.61. The minimum atomic E-state index is -0.250. The van der Waals surface area contributed by atoms with Crippen LogP contribution in [-0.4, -0.2) is 27.1 Å². The van der Waals surface area contributed by atoms with Crippen molar-refractivity contribution in [1.82, 2.24) is 9.97 Å². The number of nitrogens with zero attached hydrogens (tertiary/aromatic N) is 2. The Morgan fingerprint density at radius 3 is 2.04 bits per heavy atom. The Bertz CT molecular complexity index is 656. The molecule has 0 fully saturated rings. The van der Waals surface area contributed by atoms with Gasteiger partial charge in [0.05, 0.1) is 0 Å². The molecule has 0 bridgehead atoms. The first-order chi connectivity index (χ1) is 10.7. The van der Waals surface area contributed by atoms with E-state index in [0.717, 1.165) is 22.7 Å². The van der Waals surface area contributed by atoms with Crippen LogP contribution in [-0.2, 0) is 4.79 Å². The molecule has 5 nitrogen and oxygen atoms in total. The van der Waals surface area contributed by atoms with Gasteiger partial charge in [0, 0.05) is 17.0 Å². The van der Waals surface area contributed by atoms with Gasteiger partial charge in [-0.15, -0.1) is 0 Å². The van der Waals surface area contributed by atoms with Crippen molar-refractivity contribution in [2.45, 2.75) is 47.1 Å². The number of aryl methyl sites for hydroxylation is 3. The van der Waals surface area contributed by atoms with E-state index in [2.05, 4.69) is 49.8 Å². The molecule has 0 atom stereocenters. The summed E-state index contributed by atoms with van der Waals surface area (Å²) in [5, 5.41) is 6.89. The molecule has 23 heavy (non-hydrogen) atoms. The first-order valence-electron chi connectivity index (χ1n) is 7.35. The van der Waals surface area contributed by atoms with Crippen molar-refractivity contribution >= 4 is 6.47 Å². The second-order valence-corrected chi connectivity index (χ2v) is 6.22. The highest BCUT2D eigenvalue weighted by atomic mass is 16.5. The number of ether oxygens (including phenoxy) is 1. The molecule has 0 radical (unpaired) electrons. The van der Waals surface area contributed by atoms with Crippen molar-refractivity contribution in [1.29, 1.82) is 0 Å². The Kier molecular flexibility index (Phi) is 6.25. The van der Waals surface area contributed by atoms with Gasteiger partial charge in [0.1, 0.15) is 17.7 Å². The van der Waals surface area contributed by atoms with Crippen LogP contribution in [0.15, 0.2) is 24.5 Å². The molecule has 1 aromatic carbocycles. The lowest BCUT2D eigenvalue weighted by Crippen LogP contribution is -2.22. The monoisotopic (exact) mass is 316 g/mol. The Morgan fingerprint density at radius 1 is 1.09 bits per heavy atom. The summed E-state index contributed by atoms with van der Waals surface area (Å²) >= 11 is 0. The number of hydrogen-bond acceptors (Lipinski definition) is 4. The van der Waals surface area contributed by atoms with Crippen LogP contribution >= 0.6 is 0 Å². The summed E-state index contributed by atoms with van der Waals surface area (Å²) in [6.45, 7) is 12.0. The number of hydrogen-bond donors (Lipinski definition) is 1. The van der Waals surface area contributed by atoms with Gasteiger partial charge in [-0.3, -0.25) is 4.79 Å². The highest BCUT2D eigenvalue weighted by molar-refractivity contribution is 5.71. The predicted molar refractivity (Wildman–Crippen MR) is 90.8 cm³/mol. The molecule has 1 heterocycles. The van der Waals surface area contributed by atoms with Crippen molar-refractivity contribution in [3.63, 3.8) is 0 Å². The molecule has 0 spiro atoms. The molecule has 1 aromatic heterocycles. The van der Waals surface area contributed by atoms with Crippen molar-refractivity contribution in [2.24, 2.45) is 0 Å². The Morgan fingerprint density at radius 2 is 1.61 bits per heavy atom. The molecular weight excluding hydrogens is 292 g/mol. The third-order valence-corrected chi connectivity index (χ3v) is 3.12. The highest BCUT2D eigenvalue weighted by Crippen LogP contribution is 2.31. The first kappa shape index (κ1) is 18.6. The predicted octanol–water partition coefficient (Wildman–Crippen LogP) is 3.95. The lowest BCUT2D eigenvalue weighted by molar-refractivity contribution is -0.122. The summed E-state index contributed by atoms with van der Waals surface area (Å²) < 4.78 is 5.90. The number of rotatable bonds is 2. The maximum Gasteiger partial charge on any atom is 0.290 e. The third-order valence-electron chi connectivity index (χ3n) is 3.12. The van der Waals surface area contributed by atoms with Gasteiger partial charge in [0.15, 0.2) is 0 Å². The molecule has 0 aliphatic heterocycles. The van der Waals surface area contributed by atoms with E-state index >= 15 is 0 Å². The van der Waals surface area contributed by atoms with Crippen molar-refractivity contribution < 1.29 is 14.6 Å². The fourth-order valence-corrected chi connectivity index (χ4v) is 2.32. The van der Waals surface area contributed by atoms with Gasteiger partial charge in [-0.2, -0.15) is 0 Å². The molecule has 2 aromatic rings. The molecule has 124 valence electrons. The second kappa shape index (κ2) is 7.72. The standard InChI is InChI=1S/C17H22N2O.CH2O2/c1-11-9-14(20-17(4,5)6)7-8-15(11)16-12(2)18-10-19-13(16)3;2-1-3/h7-10H,1-6H3;1H,(H,2,3). The van der Waals surface area contributed by atoms with Crippen molar-refractivity contribution in [3.05, 3.63) is 41.5 Å². The van der Waals surface area contributed by atoms with Gasteiger partial charge >= 0.3 is 0 Å². The van der Waals surface area contributed by atoms with Crippen LogP contribution < -0.4 is 4.74 Å². The van der Waals surface area contributed by atoms with Gasteiger partial charge in [-0.05, 0) is 64.8 Å². The average Bonchev–Trinajstić information content (AvgIpc) is 2.40. The molecule has 0 saturated carbocycles. The highest BCUT2D eigenvalue weighted by Gasteiger charge is 2.14. The Balaban J connectivity index is 0.000000816. The van der Waals surface area contributed by atoms with E-state index in [-0.39, 0.29) is 12.1 Å². The van der Waals surface area contributed by atoms with Gasteiger partial charge in [-0.1, -0.05) is 6.07 Å².